The van der Waals surface area contributed by atoms with Gasteiger partial charge in [-0.05, 0) is 6.07 Å². The van der Waals surface area contributed by atoms with Crippen LogP contribution in [0, 0.1) is 11.8 Å². The summed E-state index contributed by atoms with van der Waals surface area (Å²) in [7, 11) is 0. The Labute approximate surface area is 101 Å². The second-order valence-corrected chi connectivity index (χ2v) is 4.18. The summed E-state index contributed by atoms with van der Waals surface area (Å²) in [6.07, 6.45) is -5.11. The van der Waals surface area contributed by atoms with Gasteiger partial charge >= 0.3 is 6.18 Å². The normalized spacial score (nSPS) is 11.1. The van der Waals surface area contributed by atoms with Crippen LogP contribution >= 0.6 is 11.3 Å². The number of hydrogen-bond acceptors (Lipinski definition) is 3. The molecule has 1 aromatic heterocycles. The van der Waals surface area contributed by atoms with E-state index in [0.717, 1.165) is 10.4 Å². The fourth-order valence-electron chi connectivity index (χ4n) is 1.02. The molecule has 0 aliphatic rings. The zero-order chi connectivity index (χ0) is 12.7. The van der Waals surface area contributed by atoms with Crippen LogP contribution in [0.4, 0.5) is 13.2 Å². The molecule has 17 heavy (non-hydrogen) atoms. The van der Waals surface area contributed by atoms with Crippen LogP contribution < -0.4 is 0 Å². The third-order valence-corrected chi connectivity index (χ3v) is 2.65. The Balaban J connectivity index is 2.30. The molecule has 94 valence electrons. The van der Waals surface area contributed by atoms with Crippen LogP contribution in [0.15, 0.2) is 11.4 Å². The molecule has 1 N–H and O–H groups in total. The summed E-state index contributed by atoms with van der Waals surface area (Å²) in [4.78, 5) is 0.814. The monoisotopic (exact) mass is 264 g/mol. The first-order valence-electron chi connectivity index (χ1n) is 4.83. The van der Waals surface area contributed by atoms with Crippen molar-refractivity contribution < 1.29 is 23.0 Å². The summed E-state index contributed by atoms with van der Waals surface area (Å²) in [6, 6.07) is 1.74. The molecule has 0 saturated heterocycles. The Morgan fingerprint density at radius 1 is 1.41 bits per heavy atom. The van der Waals surface area contributed by atoms with Crippen molar-refractivity contribution in [3.8, 4) is 11.8 Å². The van der Waals surface area contributed by atoms with Gasteiger partial charge in [0.15, 0.2) is 0 Å². The highest BCUT2D eigenvalue weighted by molar-refractivity contribution is 7.10. The molecule has 6 heteroatoms. The van der Waals surface area contributed by atoms with Gasteiger partial charge in [0, 0.05) is 15.8 Å². The molecule has 2 nitrogen and oxygen atoms in total. The minimum absolute atomic E-state index is 0.154. The Morgan fingerprint density at radius 2 is 2.18 bits per heavy atom. The average Bonchev–Trinajstić information content (AvgIpc) is 2.68. The largest absolute Gasteiger partial charge is 0.391 e. The molecule has 1 aromatic rings. The first-order chi connectivity index (χ1) is 8.01. The van der Waals surface area contributed by atoms with Gasteiger partial charge in [0.25, 0.3) is 0 Å². The molecule has 0 radical (unpaired) electrons. The number of alkyl halides is 3. The quantitative estimate of drug-likeness (QED) is 0.669. The molecule has 0 bridgehead atoms. The molecule has 1 heterocycles. The molecule has 0 unspecified atom stereocenters. The van der Waals surface area contributed by atoms with E-state index < -0.39 is 12.6 Å². The van der Waals surface area contributed by atoms with Crippen molar-refractivity contribution in [1.29, 1.82) is 0 Å². The van der Waals surface area contributed by atoms with Crippen LogP contribution in [-0.4, -0.2) is 24.5 Å². The van der Waals surface area contributed by atoms with Crippen molar-refractivity contribution in [3.05, 3.63) is 21.9 Å². The van der Waals surface area contributed by atoms with E-state index in [1.807, 2.05) is 0 Å². The number of halogens is 3. The summed E-state index contributed by atoms with van der Waals surface area (Å²) in [5.41, 5.74) is 0.735. The second kappa shape index (κ2) is 6.64. The van der Waals surface area contributed by atoms with Crippen molar-refractivity contribution in [2.75, 3.05) is 13.2 Å². The number of thiophene rings is 1. The molecule has 0 aromatic carbocycles. The predicted octanol–water partition coefficient (Wildman–Crippen LogP) is 2.56. The Morgan fingerprint density at radius 3 is 2.82 bits per heavy atom. The summed E-state index contributed by atoms with van der Waals surface area (Å²) >= 11 is 1.37. The van der Waals surface area contributed by atoms with E-state index >= 15 is 0 Å². The molecule has 0 aliphatic heterocycles. The molecular weight excluding hydrogens is 253 g/mol. The number of hydrogen-bond donors (Lipinski definition) is 1. The number of aliphatic hydroxyl groups is 1. The Hall–Kier alpha value is -1.03. The second-order valence-electron chi connectivity index (χ2n) is 3.18. The lowest BCUT2D eigenvalue weighted by Gasteiger charge is -2.05. The molecule has 0 atom stereocenters. The lowest BCUT2D eigenvalue weighted by Crippen LogP contribution is -2.11. The minimum Gasteiger partial charge on any atom is -0.384 e. The third-order valence-electron chi connectivity index (χ3n) is 1.74. The van der Waals surface area contributed by atoms with Gasteiger partial charge in [0.1, 0.15) is 6.61 Å². The highest BCUT2D eigenvalue weighted by Gasteiger charge is 2.26. The first kappa shape index (κ1) is 14.0. The lowest BCUT2D eigenvalue weighted by molar-refractivity contribution is -0.145. The van der Waals surface area contributed by atoms with Gasteiger partial charge in [-0.1, -0.05) is 11.8 Å². The molecule has 0 amide bonds. The van der Waals surface area contributed by atoms with E-state index in [-0.39, 0.29) is 19.8 Å². The summed E-state index contributed by atoms with van der Waals surface area (Å²) in [5, 5.41) is 10.3. The van der Waals surface area contributed by atoms with Crippen molar-refractivity contribution in [2.24, 2.45) is 0 Å². The summed E-state index contributed by atoms with van der Waals surface area (Å²) in [6.45, 7) is -0.395. The average molecular weight is 264 g/mol. The molecule has 0 spiro atoms. The minimum atomic E-state index is -4.17. The van der Waals surface area contributed by atoms with Gasteiger partial charge in [-0.3, -0.25) is 0 Å². The van der Waals surface area contributed by atoms with E-state index in [2.05, 4.69) is 11.8 Å². The topological polar surface area (TPSA) is 29.5 Å². The van der Waals surface area contributed by atoms with E-state index in [1.54, 1.807) is 11.4 Å². The molecule has 0 aliphatic carbocycles. The molecule has 1 rings (SSSR count). The van der Waals surface area contributed by atoms with E-state index in [1.165, 1.54) is 11.3 Å². The van der Waals surface area contributed by atoms with Gasteiger partial charge in [-0.2, -0.15) is 13.2 Å². The highest BCUT2D eigenvalue weighted by atomic mass is 32.1. The zero-order valence-corrected chi connectivity index (χ0v) is 9.70. The number of ether oxygens (including phenoxy) is 1. The van der Waals surface area contributed by atoms with Crippen molar-refractivity contribution in [1.82, 2.24) is 0 Å². The summed E-state index contributed by atoms with van der Waals surface area (Å²) < 4.78 is 40.3. The SMILES string of the molecule is OCC#Cc1csc(COCCC(F)(F)F)c1. The van der Waals surface area contributed by atoms with E-state index in [4.69, 9.17) is 9.84 Å². The maximum Gasteiger partial charge on any atom is 0.391 e. The van der Waals surface area contributed by atoms with Gasteiger partial charge in [0.05, 0.1) is 19.6 Å². The molecule has 0 saturated carbocycles. The Bertz CT molecular complexity index is 401. The maximum absolute atomic E-state index is 11.8. The van der Waals surface area contributed by atoms with Gasteiger partial charge in [-0.25, -0.2) is 0 Å². The smallest absolute Gasteiger partial charge is 0.384 e. The van der Waals surface area contributed by atoms with Gasteiger partial charge < -0.3 is 9.84 Å². The standard InChI is InChI=1S/C11H11F3O2S/c12-11(13,14)3-5-16-7-10-6-9(8-17-10)2-1-4-15/h6,8,15H,3-5,7H2. The lowest BCUT2D eigenvalue weighted by atomic mass is 10.3. The van der Waals surface area contributed by atoms with E-state index in [0.29, 0.717) is 0 Å². The fraction of sp³-hybridized carbons (Fsp3) is 0.455. The summed E-state index contributed by atoms with van der Waals surface area (Å²) in [5.74, 6) is 5.19. The number of rotatable bonds is 4. The van der Waals surface area contributed by atoms with Crippen molar-refractivity contribution in [3.63, 3.8) is 0 Å². The number of aliphatic hydroxyl groups excluding tert-OH is 1. The molecule has 0 fully saturated rings. The zero-order valence-electron chi connectivity index (χ0n) is 8.88. The van der Waals surface area contributed by atoms with Crippen molar-refractivity contribution >= 4 is 11.3 Å². The third kappa shape index (κ3) is 6.31. The van der Waals surface area contributed by atoms with Crippen molar-refractivity contribution in [2.45, 2.75) is 19.2 Å². The maximum atomic E-state index is 11.8. The van der Waals surface area contributed by atoms with Crippen LogP contribution in [0.25, 0.3) is 0 Å². The van der Waals surface area contributed by atoms with Gasteiger partial charge in [-0.15, -0.1) is 11.3 Å². The van der Waals surface area contributed by atoms with Gasteiger partial charge in [0.2, 0.25) is 0 Å². The first-order valence-corrected chi connectivity index (χ1v) is 5.71. The molecular formula is C11H11F3O2S. The van der Waals surface area contributed by atoms with Crippen LogP contribution in [0.5, 0.6) is 0 Å². The van der Waals surface area contributed by atoms with Crippen LogP contribution in [0.2, 0.25) is 0 Å². The fourth-order valence-corrected chi connectivity index (χ4v) is 1.78. The van der Waals surface area contributed by atoms with Crippen LogP contribution in [0.3, 0.4) is 0 Å². The predicted molar refractivity (Wildman–Crippen MR) is 58.6 cm³/mol. The van der Waals surface area contributed by atoms with Crippen LogP contribution in [0.1, 0.15) is 16.9 Å². The van der Waals surface area contributed by atoms with Crippen LogP contribution in [-0.2, 0) is 11.3 Å². The van der Waals surface area contributed by atoms with E-state index in [9.17, 15) is 13.2 Å². The highest BCUT2D eigenvalue weighted by Crippen LogP contribution is 2.20. The Kier molecular flexibility index (Phi) is 5.48.